The van der Waals surface area contributed by atoms with Crippen LogP contribution in [0.1, 0.15) is 23.1 Å². The average Bonchev–Trinajstić information content (AvgIpc) is 2.31. The van der Waals surface area contributed by atoms with Gasteiger partial charge in [-0.15, -0.1) is 0 Å². The van der Waals surface area contributed by atoms with Crippen molar-refractivity contribution in [1.82, 2.24) is 4.90 Å². The molecule has 0 saturated heterocycles. The molecule has 0 spiro atoms. The van der Waals surface area contributed by atoms with Crippen molar-refractivity contribution in [3.05, 3.63) is 34.9 Å². The molecule has 18 heavy (non-hydrogen) atoms. The Morgan fingerprint density at radius 3 is 2.61 bits per heavy atom. The summed E-state index contributed by atoms with van der Waals surface area (Å²) >= 11 is 0. The Balaban J connectivity index is 2.37. The number of aliphatic hydroxyl groups is 1. The van der Waals surface area contributed by atoms with E-state index in [9.17, 15) is 5.11 Å². The Morgan fingerprint density at radius 1 is 1.28 bits per heavy atom. The largest absolute Gasteiger partial charge is 0.392 e. The number of nitrogens with two attached hydrogens (primary N) is 1. The van der Waals surface area contributed by atoms with Gasteiger partial charge in [-0.1, -0.05) is 18.2 Å². The number of rotatable bonds is 7. The minimum atomic E-state index is -0.306. The Labute approximate surface area is 111 Å². The van der Waals surface area contributed by atoms with Crippen LogP contribution in [-0.4, -0.2) is 42.8 Å². The van der Waals surface area contributed by atoms with E-state index in [4.69, 9.17) is 5.73 Å². The molecule has 0 heterocycles. The molecule has 0 radical (unpaired) electrons. The standard InChI is InChI=1S/C15H26N2O/c1-12-4-5-14(10-13(12)2)7-9-17(3)11-15(18)6-8-16/h4-5,10,15,18H,6-9,11,16H2,1-3H3. The zero-order valence-electron chi connectivity index (χ0n) is 11.8. The maximum absolute atomic E-state index is 9.68. The molecule has 1 atom stereocenters. The van der Waals surface area contributed by atoms with E-state index in [1.807, 2.05) is 7.05 Å². The Morgan fingerprint density at radius 2 is 2.00 bits per heavy atom. The summed E-state index contributed by atoms with van der Waals surface area (Å²) in [7, 11) is 2.04. The smallest absolute Gasteiger partial charge is 0.0679 e. The normalized spacial score (nSPS) is 13.0. The first kappa shape index (κ1) is 15.2. The molecule has 3 N–H and O–H groups in total. The van der Waals surface area contributed by atoms with Gasteiger partial charge < -0.3 is 15.7 Å². The summed E-state index contributed by atoms with van der Waals surface area (Å²) < 4.78 is 0. The molecule has 1 aromatic rings. The molecule has 1 rings (SSSR count). The highest BCUT2D eigenvalue weighted by Crippen LogP contribution is 2.10. The van der Waals surface area contributed by atoms with Gasteiger partial charge in [0.05, 0.1) is 6.10 Å². The second-order valence-corrected chi connectivity index (χ2v) is 5.16. The predicted octanol–water partition coefficient (Wildman–Crippen LogP) is 1.49. The van der Waals surface area contributed by atoms with Gasteiger partial charge in [-0.05, 0) is 57.0 Å². The van der Waals surface area contributed by atoms with E-state index in [1.54, 1.807) is 0 Å². The molecule has 0 saturated carbocycles. The van der Waals surface area contributed by atoms with E-state index < -0.39 is 0 Å². The van der Waals surface area contributed by atoms with Gasteiger partial charge >= 0.3 is 0 Å². The van der Waals surface area contributed by atoms with Crippen molar-refractivity contribution in [2.24, 2.45) is 5.73 Å². The van der Waals surface area contributed by atoms with Gasteiger partial charge in [-0.2, -0.15) is 0 Å². The Kier molecular flexibility index (Phi) is 6.33. The number of aliphatic hydroxyl groups excluding tert-OH is 1. The third kappa shape index (κ3) is 5.17. The maximum atomic E-state index is 9.68. The molecule has 0 amide bonds. The van der Waals surface area contributed by atoms with Gasteiger partial charge in [-0.25, -0.2) is 0 Å². The van der Waals surface area contributed by atoms with E-state index in [2.05, 4.69) is 36.9 Å². The van der Waals surface area contributed by atoms with Crippen LogP contribution >= 0.6 is 0 Å². The number of hydrogen-bond acceptors (Lipinski definition) is 3. The van der Waals surface area contributed by atoms with Gasteiger partial charge in [0.25, 0.3) is 0 Å². The summed E-state index contributed by atoms with van der Waals surface area (Å²) in [5.41, 5.74) is 9.47. The van der Waals surface area contributed by atoms with Gasteiger partial charge in [0.1, 0.15) is 0 Å². The molecule has 0 fully saturated rings. The Hall–Kier alpha value is -0.900. The maximum Gasteiger partial charge on any atom is 0.0679 e. The van der Waals surface area contributed by atoms with Crippen LogP contribution in [0.2, 0.25) is 0 Å². The fourth-order valence-corrected chi connectivity index (χ4v) is 2.01. The zero-order valence-corrected chi connectivity index (χ0v) is 11.8. The quantitative estimate of drug-likeness (QED) is 0.771. The highest BCUT2D eigenvalue weighted by molar-refractivity contribution is 5.30. The summed E-state index contributed by atoms with van der Waals surface area (Å²) in [4.78, 5) is 2.16. The fourth-order valence-electron chi connectivity index (χ4n) is 2.01. The number of hydrogen-bond donors (Lipinski definition) is 2. The molecule has 1 unspecified atom stereocenters. The molecular formula is C15H26N2O. The molecule has 3 nitrogen and oxygen atoms in total. The summed E-state index contributed by atoms with van der Waals surface area (Å²) in [6.07, 6.45) is 1.39. The highest BCUT2D eigenvalue weighted by Gasteiger charge is 2.07. The third-order valence-corrected chi connectivity index (χ3v) is 3.38. The molecule has 0 aliphatic heterocycles. The van der Waals surface area contributed by atoms with Crippen molar-refractivity contribution in [1.29, 1.82) is 0 Å². The van der Waals surface area contributed by atoms with Crippen LogP contribution < -0.4 is 5.73 Å². The molecule has 102 valence electrons. The summed E-state index contributed by atoms with van der Waals surface area (Å²) in [5.74, 6) is 0. The summed E-state index contributed by atoms with van der Waals surface area (Å²) in [5, 5.41) is 9.68. The molecule has 1 aromatic carbocycles. The second kappa shape index (κ2) is 7.52. The zero-order chi connectivity index (χ0) is 13.5. The van der Waals surface area contributed by atoms with Gasteiger partial charge in [-0.3, -0.25) is 0 Å². The van der Waals surface area contributed by atoms with E-state index in [0.29, 0.717) is 19.5 Å². The van der Waals surface area contributed by atoms with Crippen molar-refractivity contribution >= 4 is 0 Å². The second-order valence-electron chi connectivity index (χ2n) is 5.16. The van der Waals surface area contributed by atoms with Crippen molar-refractivity contribution in [3.63, 3.8) is 0 Å². The minimum absolute atomic E-state index is 0.306. The van der Waals surface area contributed by atoms with Crippen LogP contribution in [0.15, 0.2) is 18.2 Å². The van der Waals surface area contributed by atoms with Crippen LogP contribution in [0.3, 0.4) is 0 Å². The van der Waals surface area contributed by atoms with Crippen LogP contribution in [0.5, 0.6) is 0 Å². The van der Waals surface area contributed by atoms with Gasteiger partial charge in [0.15, 0.2) is 0 Å². The molecule has 0 aliphatic carbocycles. The van der Waals surface area contributed by atoms with Crippen molar-refractivity contribution < 1.29 is 5.11 Å². The lowest BCUT2D eigenvalue weighted by molar-refractivity contribution is 0.120. The van der Waals surface area contributed by atoms with Crippen LogP contribution in [0, 0.1) is 13.8 Å². The minimum Gasteiger partial charge on any atom is -0.392 e. The lowest BCUT2D eigenvalue weighted by Gasteiger charge is -2.20. The first-order valence-electron chi connectivity index (χ1n) is 6.65. The van der Waals surface area contributed by atoms with Crippen LogP contribution in [-0.2, 0) is 6.42 Å². The SMILES string of the molecule is Cc1ccc(CCN(C)CC(O)CCN)cc1C. The van der Waals surface area contributed by atoms with E-state index >= 15 is 0 Å². The monoisotopic (exact) mass is 250 g/mol. The van der Waals surface area contributed by atoms with Crippen molar-refractivity contribution in [2.45, 2.75) is 32.8 Å². The van der Waals surface area contributed by atoms with Crippen LogP contribution in [0.4, 0.5) is 0 Å². The molecule has 3 heteroatoms. The molecule has 0 bridgehead atoms. The summed E-state index contributed by atoms with van der Waals surface area (Å²) in [6, 6.07) is 6.61. The topological polar surface area (TPSA) is 49.5 Å². The highest BCUT2D eigenvalue weighted by atomic mass is 16.3. The number of aryl methyl sites for hydroxylation is 2. The van der Waals surface area contributed by atoms with Crippen molar-refractivity contribution in [2.75, 3.05) is 26.7 Å². The lowest BCUT2D eigenvalue weighted by Crippen LogP contribution is -2.32. The third-order valence-electron chi connectivity index (χ3n) is 3.38. The van der Waals surface area contributed by atoms with Crippen molar-refractivity contribution in [3.8, 4) is 0 Å². The van der Waals surface area contributed by atoms with E-state index in [-0.39, 0.29) is 6.10 Å². The van der Waals surface area contributed by atoms with Gasteiger partial charge in [0, 0.05) is 13.1 Å². The van der Waals surface area contributed by atoms with E-state index in [0.717, 1.165) is 13.0 Å². The first-order chi connectivity index (χ1) is 8.52. The molecule has 0 aliphatic rings. The predicted molar refractivity (Wildman–Crippen MR) is 76.8 cm³/mol. The Bertz CT molecular complexity index is 366. The number of benzene rings is 1. The van der Waals surface area contributed by atoms with Crippen LogP contribution in [0.25, 0.3) is 0 Å². The molecule has 0 aromatic heterocycles. The molecular weight excluding hydrogens is 224 g/mol. The number of nitrogens with zero attached hydrogens (tertiary/aromatic N) is 1. The fraction of sp³-hybridized carbons (Fsp3) is 0.600. The average molecular weight is 250 g/mol. The van der Waals surface area contributed by atoms with E-state index in [1.165, 1.54) is 16.7 Å². The number of likely N-dealkylation sites (N-methyl/N-ethyl adjacent to an activating group) is 1. The first-order valence-corrected chi connectivity index (χ1v) is 6.65. The lowest BCUT2D eigenvalue weighted by atomic mass is 10.0. The summed E-state index contributed by atoms with van der Waals surface area (Å²) in [6.45, 7) is 6.49. The van der Waals surface area contributed by atoms with Gasteiger partial charge in [0.2, 0.25) is 0 Å².